The fourth-order valence-electron chi connectivity index (χ4n) is 3.30. The van der Waals surface area contributed by atoms with Gasteiger partial charge in [-0.25, -0.2) is 0 Å². The average Bonchev–Trinajstić information content (AvgIpc) is 3.43. The number of carbonyl (C=O) groups is 2. The van der Waals surface area contributed by atoms with Crippen molar-refractivity contribution in [2.45, 2.75) is 104 Å². The number of hydrogen-bond acceptors (Lipinski definition) is 7. The van der Waals surface area contributed by atoms with Crippen LogP contribution >= 0.6 is 0 Å². The van der Waals surface area contributed by atoms with E-state index in [1.165, 1.54) is 45.1 Å². The molecule has 1 saturated heterocycles. The second kappa shape index (κ2) is 24.2. The molecule has 2 aliphatic rings. The van der Waals surface area contributed by atoms with Gasteiger partial charge in [-0.05, 0) is 39.8 Å². The van der Waals surface area contributed by atoms with Gasteiger partial charge in [0.15, 0.2) is 0 Å². The summed E-state index contributed by atoms with van der Waals surface area (Å²) < 4.78 is 5.13. The molecule has 7 heteroatoms. The molecule has 0 aliphatic carbocycles. The molecule has 2 heterocycles. The Hall–Kier alpha value is -1.44. The van der Waals surface area contributed by atoms with E-state index in [2.05, 4.69) is 31.1 Å². The Balaban J connectivity index is 0. The number of unbranched alkanes of at least 4 members (excludes halogenated alkanes) is 3. The van der Waals surface area contributed by atoms with Crippen LogP contribution in [0.2, 0.25) is 0 Å². The van der Waals surface area contributed by atoms with Crippen molar-refractivity contribution >= 4 is 12.6 Å². The summed E-state index contributed by atoms with van der Waals surface area (Å²) in [6.45, 7) is 11.4. The minimum atomic E-state index is 0.185. The van der Waals surface area contributed by atoms with Gasteiger partial charge in [0, 0.05) is 51.5 Å². The number of likely N-dealkylation sites (tertiary alicyclic amines) is 1. The van der Waals surface area contributed by atoms with Gasteiger partial charge >= 0.3 is 0 Å². The zero-order valence-corrected chi connectivity index (χ0v) is 21.7. The number of methoxy groups -OCH3 is 1. The number of likely N-dealkylation sites (N-methyl/N-ethyl adjacent to an activating group) is 1. The summed E-state index contributed by atoms with van der Waals surface area (Å²) in [5, 5.41) is 3.12. The lowest BCUT2D eigenvalue weighted by atomic mass is 10.1. The number of ether oxygens (including phenoxy) is 1. The maximum absolute atomic E-state index is 10.2. The normalized spacial score (nSPS) is 20.0. The summed E-state index contributed by atoms with van der Waals surface area (Å²) in [6, 6.07) is 0.449. The molecule has 2 aliphatic heterocycles. The number of carbonyl (C=O) groups excluding carboxylic acids is 2. The van der Waals surface area contributed by atoms with Crippen LogP contribution in [-0.4, -0.2) is 74.5 Å². The zero-order valence-electron chi connectivity index (χ0n) is 21.7. The van der Waals surface area contributed by atoms with Crippen LogP contribution in [-0.2, 0) is 14.3 Å². The molecule has 0 aromatic rings. The van der Waals surface area contributed by atoms with E-state index in [0.717, 1.165) is 32.1 Å². The van der Waals surface area contributed by atoms with Crippen LogP contribution < -0.4 is 11.1 Å². The number of aldehydes is 2. The standard InChI is InChI=1S/C9H14N2O2.C9H20O.C5H12N2.C2H6/c12-7-1-3-9-10-4-6-11(9)5-2-8-13;1-4-5-6-7-8-9(2)10-3;1-7-3-2-5(6)4-7;1-2/h4,6-10H,1-3,5H2;9H,4-8H2,1-3H3;5H,2-4,6H2,1H3;1-2H3. The Morgan fingerprint density at radius 3 is 2.34 bits per heavy atom. The highest BCUT2D eigenvalue weighted by molar-refractivity contribution is 5.50. The second-order valence-corrected chi connectivity index (χ2v) is 8.14. The first-order chi connectivity index (χ1) is 15.5. The Morgan fingerprint density at radius 1 is 1.19 bits per heavy atom. The predicted octanol–water partition coefficient (Wildman–Crippen LogP) is 3.92. The lowest BCUT2D eigenvalue weighted by molar-refractivity contribution is -0.109. The predicted molar refractivity (Wildman–Crippen MR) is 135 cm³/mol. The van der Waals surface area contributed by atoms with E-state index in [-0.39, 0.29) is 6.17 Å². The van der Waals surface area contributed by atoms with Crippen molar-refractivity contribution < 1.29 is 14.3 Å². The Bertz CT molecular complexity index is 441. The fourth-order valence-corrected chi connectivity index (χ4v) is 3.30. The van der Waals surface area contributed by atoms with Gasteiger partial charge in [-0.2, -0.15) is 0 Å². The van der Waals surface area contributed by atoms with Gasteiger partial charge in [-0.1, -0.05) is 46.5 Å². The van der Waals surface area contributed by atoms with E-state index in [9.17, 15) is 9.59 Å². The molecule has 0 amide bonds. The van der Waals surface area contributed by atoms with Gasteiger partial charge in [-0.15, -0.1) is 0 Å². The summed E-state index contributed by atoms with van der Waals surface area (Å²) in [7, 11) is 3.89. The van der Waals surface area contributed by atoms with Gasteiger partial charge in [-0.3, -0.25) is 0 Å². The molecule has 0 radical (unpaired) electrons. The maximum Gasteiger partial charge on any atom is 0.121 e. The third-order valence-corrected chi connectivity index (χ3v) is 5.31. The topological polar surface area (TPSA) is 87.9 Å². The highest BCUT2D eigenvalue weighted by Gasteiger charge is 2.16. The van der Waals surface area contributed by atoms with Gasteiger partial charge < -0.3 is 35.2 Å². The molecule has 0 aromatic carbocycles. The first-order valence-electron chi connectivity index (χ1n) is 12.5. The van der Waals surface area contributed by atoms with Gasteiger partial charge in [0.1, 0.15) is 12.6 Å². The van der Waals surface area contributed by atoms with Crippen molar-refractivity contribution in [2.75, 3.05) is 33.8 Å². The van der Waals surface area contributed by atoms with Crippen molar-refractivity contribution in [3.63, 3.8) is 0 Å². The molecule has 32 heavy (non-hydrogen) atoms. The first-order valence-corrected chi connectivity index (χ1v) is 12.5. The maximum atomic E-state index is 10.2. The summed E-state index contributed by atoms with van der Waals surface area (Å²) in [5.74, 6) is 0. The monoisotopic (exact) mass is 456 g/mol. The number of hydrogen-bond donors (Lipinski definition) is 2. The van der Waals surface area contributed by atoms with E-state index in [0.29, 0.717) is 25.0 Å². The minimum Gasteiger partial charge on any atom is -0.382 e. The molecule has 3 atom stereocenters. The Morgan fingerprint density at radius 2 is 1.88 bits per heavy atom. The fraction of sp³-hybridized carbons (Fsp3) is 0.840. The molecular weight excluding hydrogens is 404 g/mol. The third-order valence-electron chi connectivity index (χ3n) is 5.31. The highest BCUT2D eigenvalue weighted by atomic mass is 16.5. The van der Waals surface area contributed by atoms with E-state index >= 15 is 0 Å². The van der Waals surface area contributed by atoms with Crippen LogP contribution in [0.15, 0.2) is 12.4 Å². The summed E-state index contributed by atoms with van der Waals surface area (Å²) in [6.07, 6.45) is 15.9. The molecule has 0 spiro atoms. The number of nitrogens with one attached hydrogen (secondary N) is 1. The molecule has 0 bridgehead atoms. The van der Waals surface area contributed by atoms with E-state index in [1.807, 2.05) is 31.1 Å². The first kappa shape index (κ1) is 32.7. The molecular formula is C25H52N4O3. The number of nitrogens with two attached hydrogens (primary N) is 1. The van der Waals surface area contributed by atoms with Crippen molar-refractivity contribution in [1.29, 1.82) is 0 Å². The molecule has 0 aromatic heterocycles. The third kappa shape index (κ3) is 19.3. The Labute approximate surface area is 198 Å². The van der Waals surface area contributed by atoms with Crippen LogP contribution in [0.5, 0.6) is 0 Å². The van der Waals surface area contributed by atoms with Gasteiger partial charge in [0.05, 0.1) is 12.3 Å². The molecule has 0 saturated carbocycles. The second-order valence-electron chi connectivity index (χ2n) is 8.14. The number of rotatable bonds is 12. The molecule has 7 nitrogen and oxygen atoms in total. The van der Waals surface area contributed by atoms with Crippen LogP contribution in [0.1, 0.15) is 85.5 Å². The van der Waals surface area contributed by atoms with Crippen molar-refractivity contribution in [3.05, 3.63) is 12.4 Å². The zero-order chi connectivity index (χ0) is 24.6. The Kier molecular flexibility index (Phi) is 24.8. The van der Waals surface area contributed by atoms with Crippen LogP contribution in [0, 0.1) is 0 Å². The smallest absolute Gasteiger partial charge is 0.121 e. The van der Waals surface area contributed by atoms with Crippen LogP contribution in [0.3, 0.4) is 0 Å². The van der Waals surface area contributed by atoms with Gasteiger partial charge in [0.25, 0.3) is 0 Å². The van der Waals surface area contributed by atoms with Gasteiger partial charge in [0.2, 0.25) is 0 Å². The van der Waals surface area contributed by atoms with Crippen LogP contribution in [0.4, 0.5) is 0 Å². The number of nitrogens with zero attached hydrogens (tertiary/aromatic N) is 2. The summed E-state index contributed by atoms with van der Waals surface area (Å²) in [5.41, 5.74) is 5.58. The largest absolute Gasteiger partial charge is 0.382 e. The molecule has 3 N–H and O–H groups in total. The van der Waals surface area contributed by atoms with E-state index in [4.69, 9.17) is 10.5 Å². The molecule has 1 fully saturated rings. The molecule has 2 rings (SSSR count). The molecule has 190 valence electrons. The van der Waals surface area contributed by atoms with Crippen LogP contribution in [0.25, 0.3) is 0 Å². The lowest BCUT2D eigenvalue weighted by Crippen LogP contribution is -2.35. The van der Waals surface area contributed by atoms with Crippen molar-refractivity contribution in [2.24, 2.45) is 5.73 Å². The SMILES string of the molecule is CC.CCCCCCC(C)OC.CN1CCC(N)C1.O=CCCC1NC=CN1CCC=O. The average molecular weight is 457 g/mol. The summed E-state index contributed by atoms with van der Waals surface area (Å²) in [4.78, 5) is 24.6. The quantitative estimate of drug-likeness (QED) is 0.340. The van der Waals surface area contributed by atoms with Crippen molar-refractivity contribution in [3.8, 4) is 0 Å². The van der Waals surface area contributed by atoms with Crippen molar-refractivity contribution in [1.82, 2.24) is 15.1 Å². The van der Waals surface area contributed by atoms with E-state index in [1.54, 1.807) is 7.11 Å². The highest BCUT2D eigenvalue weighted by Crippen LogP contribution is 2.09. The summed E-state index contributed by atoms with van der Waals surface area (Å²) >= 11 is 0. The van der Waals surface area contributed by atoms with E-state index < -0.39 is 0 Å². The lowest BCUT2D eigenvalue weighted by Gasteiger charge is -2.24. The minimum absolute atomic E-state index is 0.185. The molecule has 3 unspecified atom stereocenters.